The molecule has 5 N–H and O–H groups in total. The number of carboxylic acids is 1. The molecule has 30 heteroatoms. The molecule has 87 heavy (non-hydrogen) atoms. The van der Waals surface area contributed by atoms with Crippen LogP contribution in [0.1, 0.15) is 76.8 Å². The van der Waals surface area contributed by atoms with Crippen LogP contribution in [0.3, 0.4) is 0 Å². The molecule has 4 aromatic rings. The van der Waals surface area contributed by atoms with E-state index in [1.807, 2.05) is 23.3 Å². The summed E-state index contributed by atoms with van der Waals surface area (Å²) in [5.74, 6) is -1.62. The summed E-state index contributed by atoms with van der Waals surface area (Å²) in [6.07, 6.45) is 13.3. The van der Waals surface area contributed by atoms with E-state index < -0.39 is 92.7 Å². The van der Waals surface area contributed by atoms with Crippen LogP contribution < -0.4 is 4.90 Å². The molecule has 0 aliphatic carbocycles. The zero-order valence-corrected chi connectivity index (χ0v) is 52.6. The maximum Gasteiger partial charge on any atom is 0.303 e. The fraction of sp³-hybridized carbons (Fsp3) is 0.474. The number of hydrogen-bond acceptors (Lipinski definition) is 19. The van der Waals surface area contributed by atoms with Crippen molar-refractivity contribution in [3.05, 3.63) is 108 Å². The van der Waals surface area contributed by atoms with Crippen LogP contribution in [0.5, 0.6) is 0 Å². The molecule has 2 aliphatic rings. The first kappa shape index (κ1) is 70.7. The van der Waals surface area contributed by atoms with Crippen molar-refractivity contribution >= 4 is 95.2 Å². The van der Waals surface area contributed by atoms with E-state index in [9.17, 15) is 74.8 Å². The van der Waals surface area contributed by atoms with Crippen molar-refractivity contribution in [2.45, 2.75) is 96.1 Å². The molecule has 2 heterocycles. The molecule has 4 aromatic carbocycles. The highest BCUT2D eigenvalue weighted by atomic mass is 32.2. The van der Waals surface area contributed by atoms with Crippen molar-refractivity contribution < 1.29 is 108 Å². The number of allylic oxidation sites excluding steroid dienone is 8. The number of carbonyl (C=O) groups is 1. The Morgan fingerprint density at radius 2 is 1.10 bits per heavy atom. The van der Waals surface area contributed by atoms with Gasteiger partial charge in [-0.2, -0.15) is 38.2 Å². The van der Waals surface area contributed by atoms with Crippen molar-refractivity contribution in [3.8, 4) is 0 Å². The molecule has 0 bridgehead atoms. The van der Waals surface area contributed by atoms with E-state index in [1.54, 1.807) is 68.7 Å². The molecule has 0 saturated carbocycles. The zero-order chi connectivity index (χ0) is 64.0. The molecule has 25 nitrogen and oxygen atoms in total. The number of carboxylic acid groups (broad SMARTS) is 1. The number of fused-ring (bicyclic) bond motifs is 6. The molecule has 0 aromatic heterocycles. The van der Waals surface area contributed by atoms with E-state index >= 15 is 0 Å². The largest absolute Gasteiger partial charge is 0.744 e. The van der Waals surface area contributed by atoms with Gasteiger partial charge in [0, 0.05) is 78.4 Å². The lowest BCUT2D eigenvalue weighted by atomic mass is 9.75. The van der Waals surface area contributed by atoms with Crippen LogP contribution in [0, 0.1) is 0 Å². The first-order chi connectivity index (χ1) is 40.9. The molecule has 0 radical (unpaired) electrons. The number of anilines is 1. The number of likely N-dealkylation sites (N-methyl/N-ethyl adjacent to an activating group) is 1. The summed E-state index contributed by atoms with van der Waals surface area (Å²) in [5, 5.41) is 9.27. The average molecular weight is 1320 g/mol. The topological polar surface area (TPSA) is 374 Å². The van der Waals surface area contributed by atoms with Crippen LogP contribution in [0.2, 0.25) is 0 Å². The van der Waals surface area contributed by atoms with Crippen molar-refractivity contribution in [1.82, 2.24) is 0 Å². The molecule has 2 atom stereocenters. The number of benzene rings is 4. The summed E-state index contributed by atoms with van der Waals surface area (Å²) < 4.78 is 214. The number of unbranched alkanes of at least 4 members (excludes halogenated alkanes) is 2. The van der Waals surface area contributed by atoms with Gasteiger partial charge in [0.1, 0.15) is 21.6 Å². The van der Waals surface area contributed by atoms with E-state index in [0.29, 0.717) is 125 Å². The first-order valence-electron chi connectivity index (χ1n) is 27.7. The van der Waals surface area contributed by atoms with Gasteiger partial charge >= 0.3 is 5.97 Å². The highest BCUT2D eigenvalue weighted by Crippen LogP contribution is 2.54. The van der Waals surface area contributed by atoms with Crippen molar-refractivity contribution in [2.24, 2.45) is 0 Å². The second-order valence-electron chi connectivity index (χ2n) is 20.9. The Morgan fingerprint density at radius 3 is 1.63 bits per heavy atom. The minimum Gasteiger partial charge on any atom is -0.744 e. The third-order valence-corrected chi connectivity index (χ3v) is 19.2. The average Bonchev–Trinajstić information content (AvgIpc) is 1.62. The highest BCUT2D eigenvalue weighted by molar-refractivity contribution is 7.87. The van der Waals surface area contributed by atoms with E-state index in [-0.39, 0.29) is 73.7 Å². The van der Waals surface area contributed by atoms with Gasteiger partial charge in [0.05, 0.1) is 91.9 Å². The summed E-state index contributed by atoms with van der Waals surface area (Å²) in [6, 6.07) is 9.41. The Morgan fingerprint density at radius 1 is 0.586 bits per heavy atom. The van der Waals surface area contributed by atoms with Gasteiger partial charge in [-0.3, -0.25) is 23.0 Å². The van der Waals surface area contributed by atoms with Crippen molar-refractivity contribution in [2.75, 3.05) is 104 Å². The summed E-state index contributed by atoms with van der Waals surface area (Å²) in [7, 11) is -23.4. The molecule has 0 fully saturated rings. The second-order valence-corrected chi connectivity index (χ2v) is 28.0. The SMILES string of the molecule is CCN1C(=CC=CC=CC=CC2=[N+](CCCCCC(=O)O)c3ccc4c(S(=O)(=O)[O-])cc(S(=O)(=O)O)cc4c3C2(C)CCOCCOCCOCCOCCOCCOC)C(C)(CCCS(=O)(=O)O)c2c1ccc1c(S(=O)(=O)O)cc(S(=O)(=O)O)cc21. The van der Waals surface area contributed by atoms with E-state index in [0.717, 1.165) is 12.1 Å². The number of methoxy groups -OCH3 is 1. The predicted octanol–water partition coefficient (Wildman–Crippen LogP) is 6.78. The third-order valence-electron chi connectivity index (χ3n) is 14.9. The minimum absolute atomic E-state index is 0.0143. The van der Waals surface area contributed by atoms with Crippen molar-refractivity contribution in [3.63, 3.8) is 0 Å². The molecule has 0 spiro atoms. The van der Waals surface area contributed by atoms with Gasteiger partial charge in [-0.15, -0.1) is 0 Å². The van der Waals surface area contributed by atoms with Crippen LogP contribution in [-0.2, 0) is 94.6 Å². The fourth-order valence-electron chi connectivity index (χ4n) is 11.0. The first-order valence-corrected chi connectivity index (χ1v) is 35.0. The van der Waals surface area contributed by atoms with Gasteiger partial charge < -0.3 is 43.0 Å². The third kappa shape index (κ3) is 18.4. The minimum atomic E-state index is -5.33. The van der Waals surface area contributed by atoms with Crippen LogP contribution in [0.15, 0.2) is 116 Å². The highest BCUT2D eigenvalue weighted by Gasteiger charge is 2.49. The van der Waals surface area contributed by atoms with Gasteiger partial charge in [-0.25, -0.2) is 8.42 Å². The maximum absolute atomic E-state index is 12.8. The molecular formula is C57H74N2O23S5. The quantitative estimate of drug-likeness (QED) is 0.0134. The molecule has 0 saturated heterocycles. The number of hydrogen-bond donors (Lipinski definition) is 5. The zero-order valence-electron chi connectivity index (χ0n) is 48.5. The van der Waals surface area contributed by atoms with Crippen LogP contribution >= 0.6 is 0 Å². The van der Waals surface area contributed by atoms with Gasteiger partial charge in [0.25, 0.3) is 40.5 Å². The van der Waals surface area contributed by atoms with Gasteiger partial charge in [-0.05, 0) is 112 Å². The Balaban J connectivity index is 1.34. The lowest BCUT2D eigenvalue weighted by molar-refractivity contribution is -0.438. The fourth-order valence-corrected chi connectivity index (χ4v) is 14.2. The Bertz CT molecular complexity index is 3900. The van der Waals surface area contributed by atoms with E-state index in [4.69, 9.17) is 28.4 Å². The summed E-state index contributed by atoms with van der Waals surface area (Å²) in [5.41, 5.74) is 0.576. The molecule has 6 rings (SSSR count). The maximum atomic E-state index is 12.8. The van der Waals surface area contributed by atoms with E-state index in [1.165, 1.54) is 12.1 Å². The lowest BCUT2D eigenvalue weighted by Gasteiger charge is -2.30. The summed E-state index contributed by atoms with van der Waals surface area (Å²) in [6.45, 7) is 9.45. The lowest BCUT2D eigenvalue weighted by Crippen LogP contribution is -2.33. The van der Waals surface area contributed by atoms with Crippen molar-refractivity contribution in [1.29, 1.82) is 0 Å². The number of nitrogens with zero attached hydrogens (tertiary/aromatic N) is 2. The molecule has 2 unspecified atom stereocenters. The van der Waals surface area contributed by atoms with Crippen LogP contribution in [-0.4, -0.2) is 185 Å². The smallest absolute Gasteiger partial charge is 0.303 e. The Labute approximate surface area is 507 Å². The van der Waals surface area contributed by atoms with Gasteiger partial charge in [-0.1, -0.05) is 36.4 Å². The van der Waals surface area contributed by atoms with Crippen LogP contribution in [0.4, 0.5) is 11.4 Å². The summed E-state index contributed by atoms with van der Waals surface area (Å²) >= 11 is 0. The molecule has 480 valence electrons. The normalized spacial score (nSPS) is 18.3. The van der Waals surface area contributed by atoms with E-state index in [2.05, 4.69) is 0 Å². The Kier molecular flexibility index (Phi) is 24.7. The second kappa shape index (κ2) is 30.4. The standard InChI is InChI=1S/C57H74N2O23S5/c1-5-58-47-20-18-43-45(37-41(84(65,66)67)39-49(43)86(71,72)73)54(47)56(2,22-14-36-83(62,63)64)51(58)15-10-7-6-8-11-16-52-57(3,23-25-78-28-29-80-32-33-82-35-34-81-31-30-79-27-26-77-4)55-46-38-42(85(68,69)70)40-50(87(74,75)76)44(46)19-21-48(55)59(52)24-13-9-12-17-53(60)61/h6-8,10-11,15-16,18-21,37-40H,5,9,12-14,17,22-36H2,1-4H3,(H5-,60,61,62,63,64,65,66,67,68,69,70,71,72,73,74,75,76). The molecule has 2 aliphatic heterocycles. The molecular weight excluding hydrogens is 1240 g/mol. The summed E-state index contributed by atoms with van der Waals surface area (Å²) in [4.78, 5) is 9.98. The molecule has 0 amide bonds. The van der Waals surface area contributed by atoms with Gasteiger partial charge in [0.2, 0.25) is 5.69 Å². The number of aliphatic carboxylic acids is 1. The van der Waals surface area contributed by atoms with Gasteiger partial charge in [0.15, 0.2) is 5.71 Å². The number of rotatable bonds is 37. The number of ether oxygens (including phenoxy) is 6. The Hall–Kier alpha value is -5.39. The monoisotopic (exact) mass is 1310 g/mol. The van der Waals surface area contributed by atoms with Crippen LogP contribution in [0.25, 0.3) is 21.5 Å². The predicted molar refractivity (Wildman–Crippen MR) is 321 cm³/mol.